The first-order valence-corrected chi connectivity index (χ1v) is 12.5. The van der Waals surface area contributed by atoms with E-state index in [-0.39, 0.29) is 11.5 Å². The highest BCUT2D eigenvalue weighted by Crippen LogP contribution is 2.33. The van der Waals surface area contributed by atoms with Crippen molar-refractivity contribution in [2.75, 3.05) is 11.9 Å². The number of aromatic nitrogens is 2. The third-order valence-corrected chi connectivity index (χ3v) is 7.44. The molecule has 0 spiro atoms. The molecular formula is C25H25ClN4O3S. The highest BCUT2D eigenvalue weighted by molar-refractivity contribution is 7.89. The number of aryl methyl sites for hydroxylation is 1. The van der Waals surface area contributed by atoms with Gasteiger partial charge in [0.05, 0.1) is 17.0 Å². The summed E-state index contributed by atoms with van der Waals surface area (Å²) in [5.41, 5.74) is 1.59. The predicted molar refractivity (Wildman–Crippen MR) is 136 cm³/mol. The predicted octanol–water partition coefficient (Wildman–Crippen LogP) is 5.05. The summed E-state index contributed by atoms with van der Waals surface area (Å²) in [6.07, 6.45) is 0. The second kappa shape index (κ2) is 9.31. The highest BCUT2D eigenvalue weighted by atomic mass is 35.5. The van der Waals surface area contributed by atoms with Gasteiger partial charge in [0.1, 0.15) is 5.69 Å². The van der Waals surface area contributed by atoms with Crippen LogP contribution < -0.4 is 10.0 Å². The number of aliphatic hydroxyl groups is 1. The number of halogens is 1. The maximum absolute atomic E-state index is 13.1. The molecule has 0 fully saturated rings. The van der Waals surface area contributed by atoms with Crippen molar-refractivity contribution in [1.29, 1.82) is 0 Å². The molecule has 0 amide bonds. The number of nitrogens with one attached hydrogen (secondary N) is 2. The molecular weight excluding hydrogens is 472 g/mol. The Hall–Kier alpha value is -3.04. The first-order chi connectivity index (χ1) is 16.1. The van der Waals surface area contributed by atoms with Gasteiger partial charge in [-0.25, -0.2) is 13.1 Å². The smallest absolute Gasteiger partial charge is 0.241 e. The second-order valence-electron chi connectivity index (χ2n) is 8.70. The average molecular weight is 497 g/mol. The summed E-state index contributed by atoms with van der Waals surface area (Å²) in [7, 11) is -3.88. The maximum atomic E-state index is 13.1. The van der Waals surface area contributed by atoms with Gasteiger partial charge in [-0.15, -0.1) is 10.2 Å². The van der Waals surface area contributed by atoms with Crippen molar-refractivity contribution in [1.82, 2.24) is 14.9 Å². The van der Waals surface area contributed by atoms with Crippen molar-refractivity contribution in [2.24, 2.45) is 0 Å². The van der Waals surface area contributed by atoms with E-state index in [9.17, 15) is 13.5 Å². The van der Waals surface area contributed by atoms with Crippen molar-refractivity contribution in [3.63, 3.8) is 0 Å². The topological polar surface area (TPSA) is 104 Å². The van der Waals surface area contributed by atoms with E-state index in [0.717, 1.165) is 16.5 Å². The van der Waals surface area contributed by atoms with E-state index in [1.54, 1.807) is 45.0 Å². The molecule has 3 aromatic carbocycles. The number of rotatable bonds is 7. The fraction of sp³-hybridized carbons (Fsp3) is 0.200. The van der Waals surface area contributed by atoms with Gasteiger partial charge in [0.15, 0.2) is 5.82 Å². The molecule has 0 saturated heterocycles. The molecule has 0 aliphatic rings. The van der Waals surface area contributed by atoms with Gasteiger partial charge in [-0.1, -0.05) is 48.0 Å². The molecule has 4 aromatic rings. The molecule has 176 valence electrons. The summed E-state index contributed by atoms with van der Waals surface area (Å²) in [4.78, 5) is 0.126. The van der Waals surface area contributed by atoms with E-state index < -0.39 is 15.6 Å². The number of benzene rings is 3. The Morgan fingerprint density at radius 3 is 2.32 bits per heavy atom. The minimum atomic E-state index is -3.88. The Labute approximate surface area is 203 Å². The minimum absolute atomic E-state index is 0.126. The van der Waals surface area contributed by atoms with Gasteiger partial charge >= 0.3 is 0 Å². The highest BCUT2D eigenvalue weighted by Gasteiger charge is 2.27. The Balaban J connectivity index is 1.79. The third-order valence-electron chi connectivity index (χ3n) is 5.35. The maximum Gasteiger partial charge on any atom is 0.241 e. The molecule has 0 saturated carbocycles. The van der Waals surface area contributed by atoms with Gasteiger partial charge in [-0.3, -0.25) is 0 Å². The molecule has 0 unspecified atom stereocenters. The first-order valence-electron chi connectivity index (χ1n) is 10.6. The second-order valence-corrected chi connectivity index (χ2v) is 10.8. The quantitative estimate of drug-likeness (QED) is 0.330. The normalized spacial score (nSPS) is 12.1. The zero-order valence-corrected chi connectivity index (χ0v) is 20.6. The van der Waals surface area contributed by atoms with Crippen LogP contribution in [0.2, 0.25) is 5.02 Å². The van der Waals surface area contributed by atoms with Gasteiger partial charge in [-0.05, 0) is 56.7 Å². The van der Waals surface area contributed by atoms with E-state index in [1.807, 2.05) is 42.5 Å². The van der Waals surface area contributed by atoms with Crippen LogP contribution in [0.1, 0.15) is 19.4 Å². The van der Waals surface area contributed by atoms with Crippen LogP contribution in [0.15, 0.2) is 71.6 Å². The zero-order valence-electron chi connectivity index (χ0n) is 19.0. The molecule has 0 atom stereocenters. The molecule has 1 aromatic heterocycles. The Bertz CT molecular complexity index is 1460. The number of nitrogens with zero attached hydrogens (tertiary/aromatic N) is 2. The van der Waals surface area contributed by atoms with Crippen molar-refractivity contribution >= 4 is 43.9 Å². The van der Waals surface area contributed by atoms with Crippen molar-refractivity contribution in [3.05, 3.63) is 77.3 Å². The van der Waals surface area contributed by atoms with Crippen LogP contribution in [0, 0.1) is 6.92 Å². The first kappa shape index (κ1) is 24.1. The Morgan fingerprint density at radius 1 is 0.971 bits per heavy atom. The van der Waals surface area contributed by atoms with Crippen LogP contribution in [0.4, 0.5) is 11.5 Å². The lowest BCUT2D eigenvalue weighted by molar-refractivity contribution is 0.208. The lowest BCUT2D eigenvalue weighted by Crippen LogP contribution is -2.46. The SMILES string of the molecule is Cc1ccc(-c2nnc(Nc3ccc(Cl)cc3)c3ccccc23)cc1S(=O)(=O)NC(C)(C)CO. The Kier molecular flexibility index (Phi) is 6.60. The van der Waals surface area contributed by atoms with Crippen LogP contribution in [-0.4, -0.2) is 35.9 Å². The van der Waals surface area contributed by atoms with Gasteiger partial charge in [0, 0.05) is 27.0 Å². The number of anilines is 2. The molecule has 7 nitrogen and oxygen atoms in total. The number of hydrogen-bond acceptors (Lipinski definition) is 6. The van der Waals surface area contributed by atoms with E-state index in [4.69, 9.17) is 11.6 Å². The lowest BCUT2D eigenvalue weighted by Gasteiger charge is -2.24. The summed E-state index contributed by atoms with van der Waals surface area (Å²) in [6, 6.07) is 20.1. The van der Waals surface area contributed by atoms with Crippen LogP contribution in [0.5, 0.6) is 0 Å². The molecule has 0 aliphatic carbocycles. The van der Waals surface area contributed by atoms with E-state index in [2.05, 4.69) is 20.2 Å². The van der Waals surface area contributed by atoms with Gasteiger partial charge in [0.2, 0.25) is 10.0 Å². The standard InChI is InChI=1S/C25H25ClN4O3S/c1-16-8-9-17(14-22(16)34(32,33)30-25(2,3)15-31)23-20-6-4-5-7-21(20)24(29-28-23)27-19-12-10-18(26)11-13-19/h4-14,30-31H,15H2,1-3H3,(H,27,29). The largest absolute Gasteiger partial charge is 0.394 e. The molecule has 9 heteroatoms. The van der Waals surface area contributed by atoms with Crippen molar-refractivity contribution in [2.45, 2.75) is 31.2 Å². The molecule has 1 heterocycles. The number of fused-ring (bicyclic) bond motifs is 1. The number of hydrogen-bond donors (Lipinski definition) is 3. The Morgan fingerprint density at radius 2 is 1.65 bits per heavy atom. The summed E-state index contributed by atoms with van der Waals surface area (Å²) in [5, 5.41) is 23.9. The van der Waals surface area contributed by atoms with Gasteiger partial charge < -0.3 is 10.4 Å². The summed E-state index contributed by atoms with van der Waals surface area (Å²) < 4.78 is 28.7. The summed E-state index contributed by atoms with van der Waals surface area (Å²) >= 11 is 5.98. The average Bonchev–Trinajstić information content (AvgIpc) is 2.80. The molecule has 0 aliphatic heterocycles. The summed E-state index contributed by atoms with van der Waals surface area (Å²) in [6.45, 7) is 4.64. The van der Waals surface area contributed by atoms with Crippen molar-refractivity contribution in [3.8, 4) is 11.3 Å². The van der Waals surface area contributed by atoms with Crippen LogP contribution in [0.3, 0.4) is 0 Å². The number of aliphatic hydroxyl groups excluding tert-OH is 1. The summed E-state index contributed by atoms with van der Waals surface area (Å²) in [5.74, 6) is 0.577. The van der Waals surface area contributed by atoms with Gasteiger partial charge in [-0.2, -0.15) is 0 Å². The molecule has 3 N–H and O–H groups in total. The number of sulfonamides is 1. The van der Waals surface area contributed by atoms with Gasteiger partial charge in [0.25, 0.3) is 0 Å². The van der Waals surface area contributed by atoms with E-state index >= 15 is 0 Å². The minimum Gasteiger partial charge on any atom is -0.394 e. The third kappa shape index (κ3) is 5.05. The van der Waals surface area contributed by atoms with Crippen LogP contribution in [0.25, 0.3) is 22.0 Å². The van der Waals surface area contributed by atoms with Crippen LogP contribution in [-0.2, 0) is 10.0 Å². The molecule has 4 rings (SSSR count). The molecule has 0 bridgehead atoms. The van der Waals surface area contributed by atoms with E-state index in [0.29, 0.717) is 27.7 Å². The molecule has 0 radical (unpaired) electrons. The fourth-order valence-corrected chi connectivity index (χ4v) is 5.37. The lowest BCUT2D eigenvalue weighted by atomic mass is 10.0. The van der Waals surface area contributed by atoms with E-state index in [1.165, 1.54) is 0 Å². The fourth-order valence-electron chi connectivity index (χ4n) is 3.57. The van der Waals surface area contributed by atoms with Crippen LogP contribution >= 0.6 is 11.6 Å². The zero-order chi connectivity index (χ0) is 24.5. The molecule has 34 heavy (non-hydrogen) atoms. The van der Waals surface area contributed by atoms with Crippen molar-refractivity contribution < 1.29 is 13.5 Å². The monoisotopic (exact) mass is 496 g/mol.